The molecule has 3 aliphatic rings. The molecule has 2 bridgehead atoms. The van der Waals surface area contributed by atoms with Crippen molar-refractivity contribution in [2.45, 2.75) is 18.5 Å². The minimum absolute atomic E-state index is 0.000556. The van der Waals surface area contributed by atoms with Gasteiger partial charge in [0.1, 0.15) is 6.04 Å². The number of hydrogen-bond donors (Lipinski definition) is 2. The second-order valence-electron chi connectivity index (χ2n) is 6.00. The minimum Gasteiger partial charge on any atom is -0.394 e. The van der Waals surface area contributed by atoms with Gasteiger partial charge in [0.05, 0.1) is 12.6 Å². The summed E-state index contributed by atoms with van der Waals surface area (Å²) in [7, 11) is 0. The van der Waals surface area contributed by atoms with Crippen LogP contribution in [0.4, 0.5) is 0 Å². The molecule has 4 unspecified atom stereocenters. The molecule has 2 N–H and O–H groups in total. The Labute approximate surface area is 135 Å². The lowest BCUT2D eigenvalue weighted by Gasteiger charge is -2.37. The lowest BCUT2D eigenvalue weighted by molar-refractivity contribution is -0.129. The zero-order valence-electron chi connectivity index (χ0n) is 12.5. The Kier molecular flexibility index (Phi) is 4.98. The Morgan fingerprint density at radius 2 is 2.05 bits per heavy atom. The summed E-state index contributed by atoms with van der Waals surface area (Å²) < 4.78 is 0. The molecule has 0 aliphatic carbocycles. The Hall–Kier alpha value is -1.14. The minimum atomic E-state index is -0.386. The highest BCUT2D eigenvalue weighted by Crippen LogP contribution is 2.19. The summed E-state index contributed by atoms with van der Waals surface area (Å²) in [4.78, 5) is 17.2. The molecule has 0 aromatic heterocycles. The quantitative estimate of drug-likeness (QED) is 0.863. The third-order valence-electron chi connectivity index (χ3n) is 4.57. The van der Waals surface area contributed by atoms with Gasteiger partial charge in [-0.25, -0.2) is 0 Å². The second kappa shape index (κ2) is 6.96. The van der Waals surface area contributed by atoms with Gasteiger partial charge in [-0.3, -0.25) is 14.6 Å². The zero-order valence-corrected chi connectivity index (χ0v) is 13.3. The molecule has 3 fully saturated rings. The van der Waals surface area contributed by atoms with Crippen LogP contribution in [0.5, 0.6) is 0 Å². The van der Waals surface area contributed by atoms with Crippen LogP contribution in [0.1, 0.15) is 18.0 Å². The smallest absolute Gasteiger partial charge is 0.239 e. The maximum atomic E-state index is 12.6. The number of aliphatic hydroxyl groups is 1. The number of benzene rings is 1. The van der Waals surface area contributed by atoms with Gasteiger partial charge in [0.2, 0.25) is 5.91 Å². The summed E-state index contributed by atoms with van der Waals surface area (Å²) in [6, 6.07) is 6.72. The number of carbonyl (C=O) groups is 1. The van der Waals surface area contributed by atoms with Gasteiger partial charge in [0, 0.05) is 31.2 Å². The van der Waals surface area contributed by atoms with E-state index < -0.39 is 0 Å². The van der Waals surface area contributed by atoms with Crippen LogP contribution in [0, 0.1) is 0 Å². The van der Waals surface area contributed by atoms with Gasteiger partial charge in [0.25, 0.3) is 0 Å². The highest BCUT2D eigenvalue weighted by atomic mass is 35.5. The van der Waals surface area contributed by atoms with E-state index in [0.29, 0.717) is 5.02 Å². The second-order valence-corrected chi connectivity index (χ2v) is 6.44. The Morgan fingerprint density at radius 1 is 1.27 bits per heavy atom. The zero-order chi connectivity index (χ0) is 15.5. The maximum Gasteiger partial charge on any atom is 0.239 e. The number of amides is 1. The maximum absolute atomic E-state index is 12.6. The van der Waals surface area contributed by atoms with E-state index in [1.54, 1.807) is 12.1 Å². The first-order valence-electron chi connectivity index (χ1n) is 7.80. The molecular weight excluding hydrogens is 302 g/mol. The normalized spacial score (nSPS) is 28.9. The Balaban J connectivity index is 1.68. The molecule has 3 saturated heterocycles. The van der Waals surface area contributed by atoms with Gasteiger partial charge in [-0.15, -0.1) is 0 Å². The number of nitrogens with one attached hydrogen (secondary N) is 1. The van der Waals surface area contributed by atoms with E-state index in [9.17, 15) is 9.90 Å². The predicted molar refractivity (Wildman–Crippen MR) is 85.8 cm³/mol. The summed E-state index contributed by atoms with van der Waals surface area (Å²) in [5.41, 5.74) is 0.870. The molecule has 0 saturated carbocycles. The van der Waals surface area contributed by atoms with Crippen molar-refractivity contribution in [1.29, 1.82) is 0 Å². The lowest BCUT2D eigenvalue weighted by Crippen LogP contribution is -2.57. The standard InChI is InChI=1S/C16H22ClN3O2/c17-13-4-2-12(3-5-13)14(11-21)18-16(22)15-10-19-6-1-7-20(15)9-8-19/h2-5,14-15,21H,1,6-11H2,(H,18,22). The van der Waals surface area contributed by atoms with Crippen molar-refractivity contribution in [2.75, 3.05) is 39.3 Å². The van der Waals surface area contributed by atoms with Crippen molar-refractivity contribution >= 4 is 17.5 Å². The number of halogens is 1. The number of piperazine rings is 1. The summed E-state index contributed by atoms with van der Waals surface area (Å²) in [5.74, 6) is 0.000556. The van der Waals surface area contributed by atoms with Crippen LogP contribution < -0.4 is 5.32 Å². The van der Waals surface area contributed by atoms with Crippen LogP contribution in [0.25, 0.3) is 0 Å². The molecule has 3 aliphatic heterocycles. The topological polar surface area (TPSA) is 55.8 Å². The number of rotatable bonds is 4. The Morgan fingerprint density at radius 3 is 2.77 bits per heavy atom. The van der Waals surface area contributed by atoms with E-state index in [1.807, 2.05) is 12.1 Å². The van der Waals surface area contributed by atoms with Gasteiger partial charge in [0.15, 0.2) is 0 Å². The largest absolute Gasteiger partial charge is 0.394 e. The van der Waals surface area contributed by atoms with Crippen molar-refractivity contribution in [3.8, 4) is 0 Å². The van der Waals surface area contributed by atoms with Crippen molar-refractivity contribution in [3.63, 3.8) is 0 Å². The first-order chi connectivity index (χ1) is 10.7. The molecule has 1 aromatic rings. The predicted octanol–water partition coefficient (Wildman–Crippen LogP) is 0.879. The average Bonchev–Trinajstić information content (AvgIpc) is 2.89. The first-order valence-corrected chi connectivity index (χ1v) is 8.18. The molecule has 1 amide bonds. The first kappa shape index (κ1) is 15.7. The van der Waals surface area contributed by atoms with Crippen LogP contribution in [0.2, 0.25) is 5.02 Å². The SMILES string of the molecule is O=C(NC(CO)c1ccc(Cl)cc1)C1CN2CCCN1CC2. The molecule has 4 rings (SSSR count). The van der Waals surface area contributed by atoms with E-state index >= 15 is 0 Å². The Bertz CT molecular complexity index is 519. The summed E-state index contributed by atoms with van der Waals surface area (Å²) in [6.07, 6.45) is 1.12. The van der Waals surface area contributed by atoms with E-state index in [2.05, 4.69) is 15.1 Å². The number of hydrogen-bond acceptors (Lipinski definition) is 4. The summed E-state index contributed by atoms with van der Waals surface area (Å²) in [5, 5.41) is 13.2. The molecule has 22 heavy (non-hydrogen) atoms. The summed E-state index contributed by atoms with van der Waals surface area (Å²) >= 11 is 5.89. The van der Waals surface area contributed by atoms with Gasteiger partial charge >= 0.3 is 0 Å². The molecule has 4 atom stereocenters. The fourth-order valence-corrected chi connectivity index (χ4v) is 3.42. The molecule has 1 aromatic carbocycles. The van der Waals surface area contributed by atoms with E-state index in [0.717, 1.165) is 44.7 Å². The highest BCUT2D eigenvalue weighted by Gasteiger charge is 2.35. The van der Waals surface area contributed by atoms with Crippen molar-refractivity contribution in [3.05, 3.63) is 34.9 Å². The molecule has 0 radical (unpaired) electrons. The number of aliphatic hydroxyl groups excluding tert-OH is 1. The fourth-order valence-electron chi connectivity index (χ4n) is 3.29. The van der Waals surface area contributed by atoms with Crippen LogP contribution in [-0.2, 0) is 4.79 Å². The molecule has 5 nitrogen and oxygen atoms in total. The molecule has 0 spiro atoms. The van der Waals surface area contributed by atoms with Gasteiger partial charge in [-0.1, -0.05) is 23.7 Å². The van der Waals surface area contributed by atoms with Crippen molar-refractivity contribution in [2.24, 2.45) is 0 Å². The number of fused-ring (bicyclic) bond motifs is 4. The lowest BCUT2D eigenvalue weighted by atomic mass is 10.1. The molecule has 120 valence electrons. The molecule has 6 heteroatoms. The fraction of sp³-hybridized carbons (Fsp3) is 0.562. The van der Waals surface area contributed by atoms with E-state index in [-0.39, 0.29) is 24.6 Å². The van der Waals surface area contributed by atoms with E-state index in [4.69, 9.17) is 11.6 Å². The van der Waals surface area contributed by atoms with Crippen LogP contribution in [0.15, 0.2) is 24.3 Å². The highest BCUT2D eigenvalue weighted by molar-refractivity contribution is 6.30. The van der Waals surface area contributed by atoms with Crippen LogP contribution in [-0.4, -0.2) is 66.2 Å². The third-order valence-corrected chi connectivity index (χ3v) is 4.82. The van der Waals surface area contributed by atoms with Crippen molar-refractivity contribution < 1.29 is 9.90 Å². The van der Waals surface area contributed by atoms with Gasteiger partial charge < -0.3 is 10.4 Å². The summed E-state index contributed by atoms with van der Waals surface area (Å²) in [6.45, 7) is 4.70. The third kappa shape index (κ3) is 3.43. The van der Waals surface area contributed by atoms with Crippen molar-refractivity contribution in [1.82, 2.24) is 15.1 Å². The number of nitrogens with zero attached hydrogens (tertiary/aromatic N) is 2. The number of carbonyl (C=O) groups excluding carboxylic acids is 1. The molecule has 3 heterocycles. The van der Waals surface area contributed by atoms with Gasteiger partial charge in [-0.05, 0) is 30.7 Å². The van der Waals surface area contributed by atoms with Gasteiger partial charge in [-0.2, -0.15) is 0 Å². The van der Waals surface area contributed by atoms with Crippen LogP contribution in [0.3, 0.4) is 0 Å². The van der Waals surface area contributed by atoms with Crippen LogP contribution >= 0.6 is 11.6 Å². The molecular formula is C16H22ClN3O2. The van der Waals surface area contributed by atoms with E-state index in [1.165, 1.54) is 0 Å². The average molecular weight is 324 g/mol. The monoisotopic (exact) mass is 323 g/mol.